The van der Waals surface area contributed by atoms with Gasteiger partial charge in [-0.05, 0) is 56.9 Å². The van der Waals surface area contributed by atoms with Gasteiger partial charge in [0.2, 0.25) is 0 Å². The van der Waals surface area contributed by atoms with Crippen molar-refractivity contribution in [1.29, 1.82) is 0 Å². The van der Waals surface area contributed by atoms with E-state index in [0.29, 0.717) is 12.1 Å². The lowest BCUT2D eigenvalue weighted by Gasteiger charge is -2.29. The van der Waals surface area contributed by atoms with E-state index < -0.39 is 0 Å². The predicted molar refractivity (Wildman–Crippen MR) is 104 cm³/mol. The maximum absolute atomic E-state index is 4.78. The molecule has 0 amide bonds. The summed E-state index contributed by atoms with van der Waals surface area (Å²) in [5.74, 6) is 2.63. The Kier molecular flexibility index (Phi) is 6.02. The first-order valence-electron chi connectivity index (χ1n) is 10.1. The first kappa shape index (κ1) is 18.3. The summed E-state index contributed by atoms with van der Waals surface area (Å²) in [5, 5.41) is 12.0. The van der Waals surface area contributed by atoms with E-state index in [2.05, 4.69) is 47.3 Å². The van der Waals surface area contributed by atoms with Crippen LogP contribution in [-0.4, -0.2) is 35.4 Å². The van der Waals surface area contributed by atoms with Crippen LogP contribution in [0.15, 0.2) is 11.2 Å². The van der Waals surface area contributed by atoms with Gasteiger partial charge in [-0.1, -0.05) is 19.8 Å². The highest BCUT2D eigenvalue weighted by Crippen LogP contribution is 2.28. The number of nitrogens with one attached hydrogen (secondary N) is 2. The van der Waals surface area contributed by atoms with Crippen LogP contribution >= 0.6 is 0 Å². The molecule has 0 saturated heterocycles. The van der Waals surface area contributed by atoms with Crippen molar-refractivity contribution in [2.75, 3.05) is 13.6 Å². The summed E-state index contributed by atoms with van der Waals surface area (Å²) in [6, 6.07) is 0.865. The number of aliphatic imine (C=N–C) groups is 1. The van der Waals surface area contributed by atoms with Gasteiger partial charge in [-0.25, -0.2) is 0 Å². The summed E-state index contributed by atoms with van der Waals surface area (Å²) >= 11 is 0. The number of fused-ring (bicyclic) bond motifs is 1. The molecule has 0 aromatic carbocycles. The molecule has 5 nitrogen and oxygen atoms in total. The van der Waals surface area contributed by atoms with E-state index in [-0.39, 0.29) is 0 Å². The highest BCUT2D eigenvalue weighted by molar-refractivity contribution is 5.80. The number of rotatable bonds is 4. The van der Waals surface area contributed by atoms with Crippen LogP contribution in [0.2, 0.25) is 0 Å². The van der Waals surface area contributed by atoms with E-state index in [4.69, 9.17) is 5.10 Å². The van der Waals surface area contributed by atoms with Gasteiger partial charge in [0.1, 0.15) is 0 Å². The summed E-state index contributed by atoms with van der Waals surface area (Å²) < 4.78 is 2.10. The van der Waals surface area contributed by atoms with Crippen molar-refractivity contribution < 1.29 is 0 Å². The fourth-order valence-corrected chi connectivity index (χ4v) is 4.27. The van der Waals surface area contributed by atoms with Crippen LogP contribution in [-0.2, 0) is 12.8 Å². The Hall–Kier alpha value is -1.52. The number of aromatic nitrogens is 2. The molecule has 25 heavy (non-hydrogen) atoms. The molecular weight excluding hydrogens is 310 g/mol. The van der Waals surface area contributed by atoms with Crippen LogP contribution in [0.4, 0.5) is 0 Å². The molecule has 0 aliphatic heterocycles. The molecule has 2 aliphatic carbocycles. The Morgan fingerprint density at radius 2 is 2.20 bits per heavy atom. The molecule has 1 aromatic rings. The van der Waals surface area contributed by atoms with E-state index in [1.54, 1.807) is 0 Å². The largest absolute Gasteiger partial charge is 0.356 e. The van der Waals surface area contributed by atoms with Crippen LogP contribution in [0.5, 0.6) is 0 Å². The SMILES string of the molecule is CN=C(NCC1CCCC(C)C1)NC1CCc2cn(C(C)C)nc2C1. The van der Waals surface area contributed by atoms with Gasteiger partial charge in [-0.2, -0.15) is 5.10 Å². The molecule has 3 atom stereocenters. The van der Waals surface area contributed by atoms with Crippen molar-refractivity contribution in [3.05, 3.63) is 17.5 Å². The standard InChI is InChI=1S/C20H35N5/c1-14(2)25-13-17-8-9-18(11-19(17)24-25)23-20(21-4)22-12-16-7-5-6-15(3)10-16/h13-16,18H,5-12H2,1-4H3,(H2,21,22,23). The molecule has 1 fully saturated rings. The third-order valence-corrected chi connectivity index (χ3v) is 5.79. The molecular formula is C20H35N5. The zero-order valence-electron chi connectivity index (χ0n) is 16.4. The Morgan fingerprint density at radius 1 is 1.36 bits per heavy atom. The smallest absolute Gasteiger partial charge is 0.191 e. The van der Waals surface area contributed by atoms with E-state index in [1.165, 1.54) is 36.9 Å². The lowest BCUT2D eigenvalue weighted by molar-refractivity contribution is 0.282. The van der Waals surface area contributed by atoms with Crippen molar-refractivity contribution >= 4 is 5.96 Å². The normalized spacial score (nSPS) is 27.2. The summed E-state index contributed by atoms with van der Waals surface area (Å²) in [6.45, 7) is 7.80. The van der Waals surface area contributed by atoms with Gasteiger partial charge in [-0.15, -0.1) is 0 Å². The van der Waals surface area contributed by atoms with E-state index in [9.17, 15) is 0 Å². The minimum Gasteiger partial charge on any atom is -0.356 e. The van der Waals surface area contributed by atoms with Gasteiger partial charge in [0.25, 0.3) is 0 Å². The van der Waals surface area contributed by atoms with Gasteiger partial charge >= 0.3 is 0 Å². The highest BCUT2D eigenvalue weighted by Gasteiger charge is 2.24. The van der Waals surface area contributed by atoms with E-state index in [1.807, 2.05) is 7.05 Å². The summed E-state index contributed by atoms with van der Waals surface area (Å²) in [7, 11) is 1.88. The zero-order chi connectivity index (χ0) is 17.8. The molecule has 3 rings (SSSR count). The summed E-state index contributed by atoms with van der Waals surface area (Å²) in [5.41, 5.74) is 2.68. The monoisotopic (exact) mass is 345 g/mol. The first-order chi connectivity index (χ1) is 12.0. The number of hydrogen-bond acceptors (Lipinski definition) is 2. The quantitative estimate of drug-likeness (QED) is 0.650. The third kappa shape index (κ3) is 4.77. The molecule has 2 N–H and O–H groups in total. The van der Waals surface area contributed by atoms with Crippen LogP contribution in [0.25, 0.3) is 0 Å². The van der Waals surface area contributed by atoms with Crippen molar-refractivity contribution in [2.45, 2.75) is 77.8 Å². The van der Waals surface area contributed by atoms with Gasteiger partial charge in [0.15, 0.2) is 5.96 Å². The molecule has 0 bridgehead atoms. The molecule has 5 heteroatoms. The maximum Gasteiger partial charge on any atom is 0.191 e. The summed E-state index contributed by atoms with van der Waals surface area (Å²) in [6.07, 6.45) is 11.0. The Balaban J connectivity index is 1.50. The fourth-order valence-electron chi connectivity index (χ4n) is 4.27. The van der Waals surface area contributed by atoms with Crippen LogP contribution < -0.4 is 10.6 Å². The van der Waals surface area contributed by atoms with Crippen LogP contribution in [0.3, 0.4) is 0 Å². The highest BCUT2D eigenvalue weighted by atomic mass is 15.3. The minimum atomic E-state index is 0.430. The molecule has 0 spiro atoms. The first-order valence-corrected chi connectivity index (χ1v) is 10.1. The molecule has 0 radical (unpaired) electrons. The Bertz CT molecular complexity index is 589. The second-order valence-corrected chi connectivity index (χ2v) is 8.35. The van der Waals surface area contributed by atoms with E-state index >= 15 is 0 Å². The van der Waals surface area contributed by atoms with Gasteiger partial charge in [-0.3, -0.25) is 9.67 Å². The number of hydrogen-bond donors (Lipinski definition) is 2. The molecule has 1 aromatic heterocycles. The van der Waals surface area contributed by atoms with Gasteiger partial charge in [0, 0.05) is 38.3 Å². The van der Waals surface area contributed by atoms with Crippen molar-refractivity contribution in [1.82, 2.24) is 20.4 Å². The average molecular weight is 346 g/mol. The maximum atomic E-state index is 4.78. The summed E-state index contributed by atoms with van der Waals surface area (Å²) in [4.78, 5) is 4.44. The lowest BCUT2D eigenvalue weighted by Crippen LogP contribution is -2.47. The second kappa shape index (κ2) is 8.24. The zero-order valence-corrected chi connectivity index (χ0v) is 16.4. The lowest BCUT2D eigenvalue weighted by atomic mass is 9.82. The predicted octanol–water partition coefficient (Wildman–Crippen LogP) is 3.31. The van der Waals surface area contributed by atoms with Crippen molar-refractivity contribution in [3.8, 4) is 0 Å². The number of guanidine groups is 1. The Labute approximate surface area is 152 Å². The third-order valence-electron chi connectivity index (χ3n) is 5.79. The van der Waals surface area contributed by atoms with Gasteiger partial charge in [0.05, 0.1) is 5.69 Å². The van der Waals surface area contributed by atoms with Crippen molar-refractivity contribution in [2.24, 2.45) is 16.8 Å². The average Bonchev–Trinajstić information content (AvgIpc) is 3.02. The fraction of sp³-hybridized carbons (Fsp3) is 0.800. The second-order valence-electron chi connectivity index (χ2n) is 8.35. The number of aryl methyl sites for hydroxylation is 1. The van der Waals surface area contributed by atoms with Gasteiger partial charge < -0.3 is 10.6 Å². The van der Waals surface area contributed by atoms with Crippen molar-refractivity contribution in [3.63, 3.8) is 0 Å². The Morgan fingerprint density at radius 3 is 2.92 bits per heavy atom. The van der Waals surface area contributed by atoms with E-state index in [0.717, 1.165) is 43.6 Å². The molecule has 1 saturated carbocycles. The van der Waals surface area contributed by atoms with Crippen LogP contribution in [0.1, 0.15) is 70.2 Å². The number of nitrogens with zero attached hydrogens (tertiary/aromatic N) is 3. The molecule has 3 unspecified atom stereocenters. The minimum absolute atomic E-state index is 0.430. The molecule has 140 valence electrons. The topological polar surface area (TPSA) is 54.2 Å². The van der Waals surface area contributed by atoms with Crippen LogP contribution in [0, 0.1) is 11.8 Å². The molecule has 2 aliphatic rings. The molecule has 1 heterocycles.